The maximum atomic E-state index is 12.4. The van der Waals surface area contributed by atoms with E-state index in [0.29, 0.717) is 28.6 Å². The molecule has 1 atom stereocenters. The van der Waals surface area contributed by atoms with Gasteiger partial charge < -0.3 is 9.15 Å². The highest BCUT2D eigenvalue weighted by Crippen LogP contribution is 2.35. The minimum Gasteiger partial charge on any atom is -0.439 e. The van der Waals surface area contributed by atoms with Crippen molar-refractivity contribution in [3.8, 4) is 0 Å². The highest BCUT2D eigenvalue weighted by Gasteiger charge is 2.34. The van der Waals surface area contributed by atoms with Crippen LogP contribution in [0.4, 0.5) is 5.69 Å². The lowest BCUT2D eigenvalue weighted by atomic mass is 10.3. The summed E-state index contributed by atoms with van der Waals surface area (Å²) >= 11 is 3.36. The molecular formula is C14H17BrN2O4S. The van der Waals surface area contributed by atoms with E-state index in [1.54, 1.807) is 26.2 Å². The average Bonchev–Trinajstić information content (AvgIpc) is 3.18. The summed E-state index contributed by atoms with van der Waals surface area (Å²) in [5, 5.41) is 0. The first-order chi connectivity index (χ1) is 10.4. The molecule has 1 saturated carbocycles. The van der Waals surface area contributed by atoms with Crippen molar-refractivity contribution in [3.63, 3.8) is 0 Å². The zero-order valence-corrected chi connectivity index (χ0v) is 14.7. The van der Waals surface area contributed by atoms with Gasteiger partial charge in [0.25, 0.3) is 0 Å². The topological polar surface area (TPSA) is 81.4 Å². The van der Waals surface area contributed by atoms with Gasteiger partial charge in [-0.25, -0.2) is 13.4 Å². The predicted molar refractivity (Wildman–Crippen MR) is 87.4 cm³/mol. The van der Waals surface area contributed by atoms with Gasteiger partial charge in [-0.15, -0.1) is 0 Å². The van der Waals surface area contributed by atoms with Gasteiger partial charge in [0.1, 0.15) is 5.52 Å². The number of sulfonamides is 1. The standard InChI is InChI=1S/C14H17BrN2O4S/c1-8-16-11-5-10(15)6-12(14(11)21-8)17-22(18,19)7-13(20-2)9-3-4-9/h5-6,9,13,17H,3-4,7H2,1-2H3. The van der Waals surface area contributed by atoms with Crippen LogP contribution in [0.3, 0.4) is 0 Å². The Morgan fingerprint density at radius 1 is 1.50 bits per heavy atom. The molecular weight excluding hydrogens is 372 g/mol. The predicted octanol–water partition coefficient (Wildman–Crippen LogP) is 3.07. The van der Waals surface area contributed by atoms with Crippen molar-refractivity contribution in [2.24, 2.45) is 5.92 Å². The summed E-state index contributed by atoms with van der Waals surface area (Å²) in [6, 6.07) is 3.45. The second-order valence-electron chi connectivity index (χ2n) is 5.53. The normalized spacial score (nSPS) is 16.9. The summed E-state index contributed by atoms with van der Waals surface area (Å²) in [6.45, 7) is 1.72. The van der Waals surface area contributed by atoms with Crippen LogP contribution in [-0.4, -0.2) is 32.4 Å². The van der Waals surface area contributed by atoms with E-state index in [-0.39, 0.29) is 11.9 Å². The fourth-order valence-electron chi connectivity index (χ4n) is 2.48. The molecule has 1 aliphatic rings. The van der Waals surface area contributed by atoms with Crippen LogP contribution in [0.1, 0.15) is 18.7 Å². The molecule has 2 aromatic rings. The molecule has 1 N–H and O–H groups in total. The van der Waals surface area contributed by atoms with Crippen molar-refractivity contribution in [3.05, 3.63) is 22.5 Å². The lowest BCUT2D eigenvalue weighted by molar-refractivity contribution is 0.103. The molecule has 1 fully saturated rings. The number of nitrogens with one attached hydrogen (secondary N) is 1. The second kappa shape index (κ2) is 5.82. The molecule has 0 radical (unpaired) electrons. The number of methoxy groups -OCH3 is 1. The number of benzene rings is 1. The molecule has 3 rings (SSSR count). The Labute approximate surface area is 137 Å². The lowest BCUT2D eigenvalue weighted by Gasteiger charge is -2.15. The first-order valence-electron chi connectivity index (χ1n) is 6.98. The number of hydrogen-bond acceptors (Lipinski definition) is 5. The fraction of sp³-hybridized carbons (Fsp3) is 0.500. The van der Waals surface area contributed by atoms with E-state index in [1.807, 2.05) is 0 Å². The second-order valence-corrected chi connectivity index (χ2v) is 8.21. The third-order valence-corrected chi connectivity index (χ3v) is 5.42. The van der Waals surface area contributed by atoms with Crippen LogP contribution in [0.25, 0.3) is 11.1 Å². The first kappa shape index (κ1) is 15.8. The van der Waals surface area contributed by atoms with Crippen molar-refractivity contribution in [1.29, 1.82) is 0 Å². The van der Waals surface area contributed by atoms with Gasteiger partial charge in [-0.3, -0.25) is 4.72 Å². The molecule has 1 aromatic heterocycles. The maximum absolute atomic E-state index is 12.4. The van der Waals surface area contributed by atoms with E-state index in [0.717, 1.165) is 17.3 Å². The minimum absolute atomic E-state index is 0.0602. The monoisotopic (exact) mass is 388 g/mol. The lowest BCUT2D eigenvalue weighted by Crippen LogP contribution is -2.29. The number of halogens is 1. The summed E-state index contributed by atoms with van der Waals surface area (Å²) < 4.78 is 38.9. The summed E-state index contributed by atoms with van der Waals surface area (Å²) in [5.41, 5.74) is 1.43. The Morgan fingerprint density at radius 2 is 2.23 bits per heavy atom. The molecule has 0 bridgehead atoms. The highest BCUT2D eigenvalue weighted by molar-refractivity contribution is 9.10. The van der Waals surface area contributed by atoms with E-state index in [4.69, 9.17) is 9.15 Å². The number of aryl methyl sites for hydroxylation is 1. The van der Waals surface area contributed by atoms with Crippen LogP contribution in [-0.2, 0) is 14.8 Å². The average molecular weight is 389 g/mol. The highest BCUT2D eigenvalue weighted by atomic mass is 79.9. The Morgan fingerprint density at radius 3 is 2.86 bits per heavy atom. The Hall–Kier alpha value is -1.12. The summed E-state index contributed by atoms with van der Waals surface area (Å²) in [5.74, 6) is 0.771. The number of rotatable bonds is 6. The molecule has 1 aliphatic carbocycles. The molecule has 0 aliphatic heterocycles. The molecule has 0 spiro atoms. The molecule has 6 nitrogen and oxygen atoms in total. The van der Waals surface area contributed by atoms with E-state index in [2.05, 4.69) is 25.6 Å². The quantitative estimate of drug-likeness (QED) is 0.821. The third kappa shape index (κ3) is 3.44. The molecule has 0 amide bonds. The van der Waals surface area contributed by atoms with Crippen LogP contribution in [0.15, 0.2) is 21.0 Å². The van der Waals surface area contributed by atoms with Crippen LogP contribution < -0.4 is 4.72 Å². The van der Waals surface area contributed by atoms with Crippen LogP contribution in [0, 0.1) is 12.8 Å². The molecule has 22 heavy (non-hydrogen) atoms. The maximum Gasteiger partial charge on any atom is 0.235 e. The Balaban J connectivity index is 1.88. The van der Waals surface area contributed by atoms with Gasteiger partial charge >= 0.3 is 0 Å². The van der Waals surface area contributed by atoms with E-state index in [9.17, 15) is 8.42 Å². The summed E-state index contributed by atoms with van der Waals surface area (Å²) in [7, 11) is -1.98. The van der Waals surface area contributed by atoms with Crippen molar-refractivity contribution >= 4 is 42.7 Å². The van der Waals surface area contributed by atoms with Gasteiger partial charge in [-0.1, -0.05) is 15.9 Å². The van der Waals surface area contributed by atoms with E-state index >= 15 is 0 Å². The first-order valence-corrected chi connectivity index (χ1v) is 9.42. The molecule has 1 aromatic carbocycles. The number of nitrogens with zero attached hydrogens (tertiary/aromatic N) is 1. The summed E-state index contributed by atoms with van der Waals surface area (Å²) in [6.07, 6.45) is 1.78. The minimum atomic E-state index is -3.53. The molecule has 0 saturated heterocycles. The molecule has 1 heterocycles. The van der Waals surface area contributed by atoms with Gasteiger partial charge in [0.15, 0.2) is 11.5 Å². The largest absolute Gasteiger partial charge is 0.439 e. The fourth-order valence-corrected chi connectivity index (χ4v) is 4.33. The van der Waals surface area contributed by atoms with Crippen LogP contribution >= 0.6 is 15.9 Å². The SMILES string of the molecule is COC(CS(=O)(=O)Nc1cc(Br)cc2nc(C)oc12)C1CC1. The molecule has 120 valence electrons. The number of oxazole rings is 1. The van der Waals surface area contributed by atoms with E-state index < -0.39 is 10.0 Å². The van der Waals surface area contributed by atoms with Crippen molar-refractivity contribution in [1.82, 2.24) is 4.98 Å². The number of hydrogen-bond donors (Lipinski definition) is 1. The van der Waals surface area contributed by atoms with Gasteiger partial charge in [-0.2, -0.15) is 0 Å². The van der Waals surface area contributed by atoms with Crippen molar-refractivity contribution in [2.45, 2.75) is 25.9 Å². The third-order valence-electron chi connectivity index (χ3n) is 3.66. The van der Waals surface area contributed by atoms with Crippen molar-refractivity contribution in [2.75, 3.05) is 17.6 Å². The zero-order valence-electron chi connectivity index (χ0n) is 12.3. The van der Waals surface area contributed by atoms with Gasteiger partial charge in [0.2, 0.25) is 10.0 Å². The Bertz CT molecular complexity index is 799. The summed E-state index contributed by atoms with van der Waals surface area (Å²) in [4.78, 5) is 4.22. The van der Waals surface area contributed by atoms with Crippen molar-refractivity contribution < 1.29 is 17.6 Å². The van der Waals surface area contributed by atoms with Crippen LogP contribution in [0.5, 0.6) is 0 Å². The number of aromatic nitrogens is 1. The van der Waals surface area contributed by atoms with E-state index in [1.165, 1.54) is 0 Å². The number of anilines is 1. The number of fused-ring (bicyclic) bond motifs is 1. The van der Waals surface area contributed by atoms with Crippen LogP contribution in [0.2, 0.25) is 0 Å². The van der Waals surface area contributed by atoms with Gasteiger partial charge in [0.05, 0.1) is 17.5 Å². The molecule has 1 unspecified atom stereocenters. The Kier molecular flexibility index (Phi) is 4.17. The number of ether oxygens (including phenoxy) is 1. The van der Waals surface area contributed by atoms with Gasteiger partial charge in [0, 0.05) is 18.5 Å². The molecule has 8 heteroatoms. The van der Waals surface area contributed by atoms with Gasteiger partial charge in [-0.05, 0) is 30.9 Å². The smallest absolute Gasteiger partial charge is 0.235 e. The zero-order chi connectivity index (χ0) is 15.9.